The van der Waals surface area contributed by atoms with Gasteiger partial charge in [0.05, 0.1) is 13.0 Å². The van der Waals surface area contributed by atoms with E-state index in [2.05, 4.69) is 34.9 Å². The highest BCUT2D eigenvalue weighted by Crippen LogP contribution is 2.24. The minimum absolute atomic E-state index is 0.237. The van der Waals surface area contributed by atoms with Gasteiger partial charge in [-0.05, 0) is 35.4 Å². The van der Waals surface area contributed by atoms with E-state index in [9.17, 15) is 4.79 Å². The van der Waals surface area contributed by atoms with E-state index >= 15 is 0 Å². The van der Waals surface area contributed by atoms with Crippen LogP contribution in [-0.2, 0) is 24.3 Å². The molecule has 0 fully saturated rings. The molecule has 0 aliphatic carbocycles. The first-order valence-corrected chi connectivity index (χ1v) is 8.56. The molecule has 3 heterocycles. The van der Waals surface area contributed by atoms with Gasteiger partial charge in [-0.2, -0.15) is 0 Å². The zero-order valence-electron chi connectivity index (χ0n) is 12.4. The highest BCUT2D eigenvalue weighted by Gasteiger charge is 2.20. The second-order valence-electron chi connectivity index (χ2n) is 5.77. The van der Waals surface area contributed by atoms with Crippen LogP contribution in [0.3, 0.4) is 0 Å². The summed E-state index contributed by atoms with van der Waals surface area (Å²) in [7, 11) is 0. The van der Waals surface area contributed by atoms with E-state index < -0.39 is 0 Å². The highest BCUT2D eigenvalue weighted by atomic mass is 32.1. The van der Waals surface area contributed by atoms with E-state index in [0.717, 1.165) is 30.9 Å². The van der Waals surface area contributed by atoms with Gasteiger partial charge in [-0.1, -0.05) is 24.3 Å². The van der Waals surface area contributed by atoms with E-state index in [-0.39, 0.29) is 5.91 Å². The van der Waals surface area contributed by atoms with Crippen LogP contribution in [0.5, 0.6) is 0 Å². The molecule has 0 radical (unpaired) electrons. The van der Waals surface area contributed by atoms with Crippen molar-refractivity contribution in [2.75, 3.05) is 6.54 Å². The van der Waals surface area contributed by atoms with Crippen molar-refractivity contribution in [1.29, 1.82) is 0 Å². The number of hydrogen-bond acceptors (Lipinski definition) is 2. The lowest BCUT2D eigenvalue weighted by Crippen LogP contribution is -2.31. The standard InChI is InChI=1S/C18H18N2OS/c21-18(12-16-6-3-10-22-16)19-8-4-9-20-15(13-19)11-14-5-1-2-7-17(14)20/h1-3,5-7,10-11H,4,8-9,12-13H2. The van der Waals surface area contributed by atoms with Crippen molar-refractivity contribution in [2.45, 2.75) is 25.9 Å². The van der Waals surface area contributed by atoms with Gasteiger partial charge in [0.2, 0.25) is 5.91 Å². The molecule has 22 heavy (non-hydrogen) atoms. The molecule has 0 N–H and O–H groups in total. The lowest BCUT2D eigenvalue weighted by atomic mass is 10.2. The zero-order valence-corrected chi connectivity index (χ0v) is 13.2. The minimum atomic E-state index is 0.237. The van der Waals surface area contributed by atoms with Gasteiger partial charge in [0, 0.05) is 29.2 Å². The number of para-hydroxylation sites is 1. The van der Waals surface area contributed by atoms with Crippen molar-refractivity contribution in [1.82, 2.24) is 9.47 Å². The molecular weight excluding hydrogens is 292 g/mol. The van der Waals surface area contributed by atoms with Gasteiger partial charge in [0.25, 0.3) is 0 Å². The number of amides is 1. The molecule has 3 aromatic rings. The Morgan fingerprint density at radius 3 is 2.91 bits per heavy atom. The average molecular weight is 310 g/mol. The number of rotatable bonds is 2. The van der Waals surface area contributed by atoms with Gasteiger partial charge in [0.1, 0.15) is 0 Å². The third kappa shape index (κ3) is 2.44. The topological polar surface area (TPSA) is 25.2 Å². The SMILES string of the molecule is O=C(Cc1cccs1)N1CCCn2c(cc3ccccc32)C1. The number of thiophene rings is 1. The molecule has 0 bridgehead atoms. The Labute approximate surface area is 133 Å². The van der Waals surface area contributed by atoms with Crippen LogP contribution in [0.1, 0.15) is 17.0 Å². The Kier molecular flexibility index (Phi) is 3.47. The van der Waals surface area contributed by atoms with Crippen molar-refractivity contribution in [3.05, 3.63) is 58.4 Å². The van der Waals surface area contributed by atoms with Crippen LogP contribution in [0.4, 0.5) is 0 Å². The van der Waals surface area contributed by atoms with Gasteiger partial charge >= 0.3 is 0 Å². The van der Waals surface area contributed by atoms with Crippen LogP contribution in [0, 0.1) is 0 Å². The lowest BCUT2D eigenvalue weighted by molar-refractivity contribution is -0.131. The molecule has 0 atom stereocenters. The molecule has 0 spiro atoms. The summed E-state index contributed by atoms with van der Waals surface area (Å²) >= 11 is 1.66. The molecule has 4 rings (SSSR count). The Morgan fingerprint density at radius 1 is 1.14 bits per heavy atom. The number of aryl methyl sites for hydroxylation is 1. The first-order valence-electron chi connectivity index (χ1n) is 7.68. The largest absolute Gasteiger partial charge is 0.343 e. The van der Waals surface area contributed by atoms with Crippen molar-refractivity contribution >= 4 is 28.1 Å². The second kappa shape index (κ2) is 5.61. The Balaban J connectivity index is 1.60. The van der Waals surface area contributed by atoms with Crippen molar-refractivity contribution in [3.63, 3.8) is 0 Å². The van der Waals surface area contributed by atoms with Crippen molar-refractivity contribution in [2.24, 2.45) is 0 Å². The van der Waals surface area contributed by atoms with Gasteiger partial charge in [-0.3, -0.25) is 4.79 Å². The van der Waals surface area contributed by atoms with E-state index in [1.165, 1.54) is 16.6 Å². The Hall–Kier alpha value is -2.07. The smallest absolute Gasteiger partial charge is 0.228 e. The van der Waals surface area contributed by atoms with E-state index in [4.69, 9.17) is 0 Å². The number of carbonyl (C=O) groups is 1. The predicted molar refractivity (Wildman–Crippen MR) is 90.0 cm³/mol. The van der Waals surface area contributed by atoms with Gasteiger partial charge in [-0.15, -0.1) is 11.3 Å². The first kappa shape index (κ1) is 13.6. The number of carbonyl (C=O) groups excluding carboxylic acids is 1. The molecule has 3 nitrogen and oxygen atoms in total. The number of nitrogens with zero attached hydrogens (tertiary/aromatic N) is 2. The summed E-state index contributed by atoms with van der Waals surface area (Å²) in [6.07, 6.45) is 1.54. The van der Waals surface area contributed by atoms with Crippen molar-refractivity contribution < 1.29 is 4.79 Å². The quantitative estimate of drug-likeness (QED) is 0.709. The lowest BCUT2D eigenvalue weighted by Gasteiger charge is -2.19. The van der Waals surface area contributed by atoms with Crippen LogP contribution in [0.15, 0.2) is 47.8 Å². The van der Waals surface area contributed by atoms with Gasteiger partial charge < -0.3 is 9.47 Å². The van der Waals surface area contributed by atoms with Crippen LogP contribution in [-0.4, -0.2) is 21.9 Å². The van der Waals surface area contributed by atoms with Gasteiger partial charge in [-0.25, -0.2) is 0 Å². The third-order valence-electron chi connectivity index (χ3n) is 4.32. The minimum Gasteiger partial charge on any atom is -0.343 e. The maximum Gasteiger partial charge on any atom is 0.228 e. The second-order valence-corrected chi connectivity index (χ2v) is 6.80. The van der Waals surface area contributed by atoms with E-state index in [0.29, 0.717) is 6.42 Å². The number of fused-ring (bicyclic) bond motifs is 3. The number of benzene rings is 1. The molecule has 112 valence electrons. The number of hydrogen-bond donors (Lipinski definition) is 0. The molecule has 0 unspecified atom stereocenters. The van der Waals surface area contributed by atoms with E-state index in [1.54, 1.807) is 11.3 Å². The maximum atomic E-state index is 12.6. The van der Waals surface area contributed by atoms with Crippen LogP contribution < -0.4 is 0 Å². The molecule has 1 amide bonds. The van der Waals surface area contributed by atoms with Gasteiger partial charge in [0.15, 0.2) is 0 Å². The molecule has 0 saturated heterocycles. The summed E-state index contributed by atoms with van der Waals surface area (Å²) in [5.41, 5.74) is 2.53. The average Bonchev–Trinajstić information content (AvgIpc) is 3.09. The first-order chi connectivity index (χ1) is 10.8. The molecule has 1 aromatic carbocycles. The fourth-order valence-electron chi connectivity index (χ4n) is 3.24. The molecular formula is C18H18N2OS. The van der Waals surface area contributed by atoms with E-state index in [1.807, 2.05) is 22.4 Å². The molecule has 1 aliphatic rings. The van der Waals surface area contributed by atoms with Crippen molar-refractivity contribution in [3.8, 4) is 0 Å². The zero-order chi connectivity index (χ0) is 14.9. The Bertz CT molecular complexity index is 804. The van der Waals surface area contributed by atoms with Crippen LogP contribution >= 0.6 is 11.3 Å². The summed E-state index contributed by atoms with van der Waals surface area (Å²) in [6, 6.07) is 14.7. The normalized spacial score (nSPS) is 14.8. The number of aromatic nitrogens is 1. The summed E-state index contributed by atoms with van der Waals surface area (Å²) in [5, 5.41) is 3.30. The summed E-state index contributed by atoms with van der Waals surface area (Å²) in [5.74, 6) is 0.237. The Morgan fingerprint density at radius 2 is 2.05 bits per heavy atom. The fraction of sp³-hybridized carbons (Fsp3) is 0.278. The maximum absolute atomic E-state index is 12.6. The summed E-state index contributed by atoms with van der Waals surface area (Å²) in [4.78, 5) is 15.7. The van der Waals surface area contributed by atoms with Crippen LogP contribution in [0.2, 0.25) is 0 Å². The summed E-state index contributed by atoms with van der Waals surface area (Å²) in [6.45, 7) is 2.56. The highest BCUT2D eigenvalue weighted by molar-refractivity contribution is 7.10. The molecule has 0 saturated carbocycles. The molecule has 2 aromatic heterocycles. The monoisotopic (exact) mass is 310 g/mol. The fourth-order valence-corrected chi connectivity index (χ4v) is 3.94. The molecule has 1 aliphatic heterocycles. The third-order valence-corrected chi connectivity index (χ3v) is 5.19. The van der Waals surface area contributed by atoms with Crippen LogP contribution in [0.25, 0.3) is 10.9 Å². The molecule has 4 heteroatoms. The predicted octanol–water partition coefficient (Wildman–Crippen LogP) is 3.68. The summed E-state index contributed by atoms with van der Waals surface area (Å²) < 4.78 is 2.37.